The molecular weight excluding hydrogens is 663 g/mol. The van der Waals surface area contributed by atoms with Gasteiger partial charge in [0.2, 0.25) is 17.1 Å². The molecule has 0 amide bonds. The number of hydrogen-bond donors (Lipinski definition) is 0. The molecule has 0 spiro atoms. The first-order valence-electron chi connectivity index (χ1n) is 18.7. The lowest BCUT2D eigenvalue weighted by atomic mass is 9.73. The zero-order valence-corrected chi connectivity index (χ0v) is 29.6. The highest BCUT2D eigenvalue weighted by atomic mass is 16.5. The second kappa shape index (κ2) is 10.7. The van der Waals surface area contributed by atoms with Crippen molar-refractivity contribution in [1.29, 1.82) is 0 Å². The summed E-state index contributed by atoms with van der Waals surface area (Å²) in [6, 6.07) is 54.3. The van der Waals surface area contributed by atoms with Crippen molar-refractivity contribution in [2.24, 2.45) is 0 Å². The van der Waals surface area contributed by atoms with Crippen molar-refractivity contribution in [1.82, 2.24) is 0 Å². The highest BCUT2D eigenvalue weighted by molar-refractivity contribution is 5.97. The standard InChI is InChI=1S/C49H34N3O2/c1-30-18-20-32(21-19-30)35-27-42-37-15-7-8-16-40(37)49-29-54-48(53)43(28-35)52(42)46-44-38(41-17-9-10-23-50(41)47(46)49)25-34(31-11-3-2-4-12-31)26-39(44)45-36-14-6-5-13-33(36)22-24-51(45)49/h2-28,46-47H,29H2,1H3/q+3. The molecule has 12 rings (SSSR count). The van der Waals surface area contributed by atoms with Crippen LogP contribution in [0.4, 0.5) is 0 Å². The SMILES string of the molecule is Cc1ccc(-c2cc3[n+]4c(c2)-c2ccccc2C2(COC3=O)C3C4c4c(cc(-c5ccccc5)cc4-c4c5ccccc5cc[n+]42)-c2cccc[n+]23)cc1. The zero-order chi connectivity index (χ0) is 35.7. The van der Waals surface area contributed by atoms with E-state index in [1.165, 1.54) is 33.0 Å². The summed E-state index contributed by atoms with van der Waals surface area (Å²) in [5.41, 5.74) is 14.4. The normalized spacial score (nSPS) is 19.4. The number of rotatable bonds is 2. The van der Waals surface area contributed by atoms with Gasteiger partial charge < -0.3 is 4.74 Å². The first-order chi connectivity index (χ1) is 26.6. The van der Waals surface area contributed by atoms with Gasteiger partial charge in [0.25, 0.3) is 23.3 Å². The van der Waals surface area contributed by atoms with Crippen molar-refractivity contribution in [3.8, 4) is 56.0 Å². The molecule has 0 aliphatic carbocycles. The molecule has 5 aromatic carbocycles. The molecule has 5 nitrogen and oxygen atoms in total. The number of aryl methyl sites for hydroxylation is 1. The molecule has 5 heteroatoms. The Balaban J connectivity index is 1.33. The van der Waals surface area contributed by atoms with Crippen LogP contribution in [0.15, 0.2) is 164 Å². The molecule has 4 aliphatic rings. The molecule has 7 heterocycles. The molecule has 4 aliphatic heterocycles. The lowest BCUT2D eigenvalue weighted by Crippen LogP contribution is -2.73. The van der Waals surface area contributed by atoms with Gasteiger partial charge in [-0.1, -0.05) is 96.6 Å². The number of ether oxygens (including phenoxy) is 1. The molecule has 254 valence electrons. The Bertz CT molecular complexity index is 2930. The summed E-state index contributed by atoms with van der Waals surface area (Å²) in [6.07, 6.45) is 4.50. The Labute approximate surface area is 312 Å². The topological polar surface area (TPSA) is 37.9 Å². The Morgan fingerprint density at radius 1 is 0.611 bits per heavy atom. The van der Waals surface area contributed by atoms with Gasteiger partial charge in [-0.05, 0) is 64.9 Å². The fraction of sp³-hybridized carbons (Fsp3) is 0.102. The first-order valence-corrected chi connectivity index (χ1v) is 18.7. The van der Waals surface area contributed by atoms with Crippen LogP contribution >= 0.6 is 0 Å². The molecule has 0 fully saturated rings. The minimum absolute atomic E-state index is 0.161. The summed E-state index contributed by atoms with van der Waals surface area (Å²) >= 11 is 0. The predicted molar refractivity (Wildman–Crippen MR) is 207 cm³/mol. The molecule has 3 aromatic heterocycles. The number of pyridine rings is 3. The van der Waals surface area contributed by atoms with Gasteiger partial charge in [0.15, 0.2) is 19.0 Å². The van der Waals surface area contributed by atoms with Gasteiger partial charge in [0, 0.05) is 35.9 Å². The van der Waals surface area contributed by atoms with Crippen molar-refractivity contribution in [2.75, 3.05) is 6.61 Å². The third kappa shape index (κ3) is 3.78. The minimum atomic E-state index is -0.839. The molecule has 54 heavy (non-hydrogen) atoms. The van der Waals surface area contributed by atoms with Crippen LogP contribution < -0.4 is 13.7 Å². The quantitative estimate of drug-likeness (QED) is 0.134. The monoisotopic (exact) mass is 696 g/mol. The van der Waals surface area contributed by atoms with E-state index in [0.29, 0.717) is 5.69 Å². The molecule has 5 bridgehead atoms. The Morgan fingerprint density at radius 2 is 1.33 bits per heavy atom. The van der Waals surface area contributed by atoms with E-state index in [1.807, 2.05) is 0 Å². The summed E-state index contributed by atoms with van der Waals surface area (Å²) < 4.78 is 14.0. The number of carbonyl (C=O) groups excluding carboxylic acids is 1. The van der Waals surface area contributed by atoms with Crippen molar-refractivity contribution < 1.29 is 23.2 Å². The van der Waals surface area contributed by atoms with Crippen LogP contribution in [-0.2, 0) is 10.3 Å². The molecule has 0 saturated heterocycles. The highest BCUT2D eigenvalue weighted by Gasteiger charge is 2.72. The average molecular weight is 697 g/mol. The van der Waals surface area contributed by atoms with E-state index in [0.717, 1.165) is 50.5 Å². The lowest BCUT2D eigenvalue weighted by Gasteiger charge is -2.35. The van der Waals surface area contributed by atoms with Crippen LogP contribution in [0.2, 0.25) is 0 Å². The highest BCUT2D eigenvalue weighted by Crippen LogP contribution is 2.56. The summed E-state index contributed by atoms with van der Waals surface area (Å²) in [5, 5.41) is 2.34. The summed E-state index contributed by atoms with van der Waals surface area (Å²) in [6.45, 7) is 2.26. The summed E-state index contributed by atoms with van der Waals surface area (Å²) in [5.74, 6) is -0.307. The van der Waals surface area contributed by atoms with Gasteiger partial charge in [-0.2, -0.15) is 13.7 Å². The van der Waals surface area contributed by atoms with Crippen LogP contribution in [0, 0.1) is 6.92 Å². The minimum Gasteiger partial charge on any atom is -0.450 e. The fourth-order valence-corrected chi connectivity index (χ4v) is 10.2. The molecule has 0 radical (unpaired) electrons. The number of nitrogens with zero attached hydrogens (tertiary/aromatic N) is 3. The number of aromatic nitrogens is 3. The molecule has 0 saturated carbocycles. The zero-order valence-electron chi connectivity index (χ0n) is 29.6. The van der Waals surface area contributed by atoms with E-state index in [4.69, 9.17) is 4.74 Å². The van der Waals surface area contributed by atoms with E-state index in [-0.39, 0.29) is 24.7 Å². The third-order valence-electron chi connectivity index (χ3n) is 12.5. The number of carbonyl (C=O) groups is 1. The second-order valence-electron chi connectivity index (χ2n) is 15.2. The summed E-state index contributed by atoms with van der Waals surface area (Å²) in [4.78, 5) is 14.8. The first kappa shape index (κ1) is 29.8. The van der Waals surface area contributed by atoms with Crippen LogP contribution in [-0.4, -0.2) is 12.6 Å². The van der Waals surface area contributed by atoms with Crippen LogP contribution in [0.1, 0.15) is 39.3 Å². The maximum absolute atomic E-state index is 14.8. The summed E-state index contributed by atoms with van der Waals surface area (Å²) in [7, 11) is 0. The fourth-order valence-electron chi connectivity index (χ4n) is 10.2. The number of esters is 1. The van der Waals surface area contributed by atoms with Gasteiger partial charge in [-0.3, -0.25) is 0 Å². The van der Waals surface area contributed by atoms with E-state index in [2.05, 4.69) is 185 Å². The van der Waals surface area contributed by atoms with Gasteiger partial charge in [0.1, 0.15) is 0 Å². The Kier molecular flexibility index (Phi) is 5.89. The van der Waals surface area contributed by atoms with Gasteiger partial charge in [0.05, 0.1) is 27.6 Å². The largest absolute Gasteiger partial charge is 0.450 e. The maximum Gasteiger partial charge on any atom is 0.404 e. The van der Waals surface area contributed by atoms with Gasteiger partial charge in [-0.25, -0.2) is 4.79 Å². The van der Waals surface area contributed by atoms with Crippen molar-refractivity contribution in [3.63, 3.8) is 0 Å². The second-order valence-corrected chi connectivity index (χ2v) is 15.2. The Hall–Kier alpha value is -6.72. The van der Waals surface area contributed by atoms with E-state index >= 15 is 0 Å². The van der Waals surface area contributed by atoms with E-state index in [1.54, 1.807) is 0 Å². The van der Waals surface area contributed by atoms with Gasteiger partial charge in [-0.15, -0.1) is 0 Å². The number of benzene rings is 5. The average Bonchev–Trinajstić information content (AvgIpc) is 3.39. The van der Waals surface area contributed by atoms with E-state index in [9.17, 15) is 4.79 Å². The van der Waals surface area contributed by atoms with Crippen molar-refractivity contribution in [2.45, 2.75) is 24.5 Å². The predicted octanol–water partition coefficient (Wildman–Crippen LogP) is 8.73. The van der Waals surface area contributed by atoms with Crippen molar-refractivity contribution >= 4 is 16.7 Å². The van der Waals surface area contributed by atoms with Crippen molar-refractivity contribution in [3.05, 3.63) is 186 Å². The molecule has 3 atom stereocenters. The van der Waals surface area contributed by atoms with Crippen LogP contribution in [0.3, 0.4) is 0 Å². The molecule has 8 aromatic rings. The van der Waals surface area contributed by atoms with Crippen LogP contribution in [0.25, 0.3) is 66.8 Å². The lowest BCUT2D eigenvalue weighted by molar-refractivity contribution is -0.870. The number of fused-ring (bicyclic) bond motifs is 8. The van der Waals surface area contributed by atoms with E-state index < -0.39 is 5.54 Å². The molecular formula is C49H34N3O2+3. The maximum atomic E-state index is 14.8. The van der Waals surface area contributed by atoms with Gasteiger partial charge >= 0.3 is 5.97 Å². The number of hydrogen-bond acceptors (Lipinski definition) is 2. The van der Waals surface area contributed by atoms with Crippen LogP contribution in [0.5, 0.6) is 0 Å². The molecule has 3 unspecified atom stereocenters. The Morgan fingerprint density at radius 3 is 2.22 bits per heavy atom. The smallest absolute Gasteiger partial charge is 0.404 e. The third-order valence-corrected chi connectivity index (χ3v) is 12.5. The molecule has 0 N–H and O–H groups in total. The number of cyclic esters (lactones) is 1.